The van der Waals surface area contributed by atoms with Crippen molar-refractivity contribution < 1.29 is 0 Å². The Kier molecular flexibility index (Phi) is 3.21. The van der Waals surface area contributed by atoms with Crippen LogP contribution in [0.3, 0.4) is 0 Å². The number of rotatable bonds is 4. The van der Waals surface area contributed by atoms with Gasteiger partial charge in [0.15, 0.2) is 0 Å². The molecule has 1 heterocycles. The molecule has 3 heteroatoms. The average molecular weight is 205 g/mol. The van der Waals surface area contributed by atoms with Crippen LogP contribution in [0.1, 0.15) is 25.0 Å². The molecule has 82 valence electrons. The molecule has 1 aromatic rings. The average Bonchev–Trinajstić information content (AvgIpc) is 2.15. The van der Waals surface area contributed by atoms with Gasteiger partial charge in [-0.3, -0.25) is 4.90 Å². The SMILES string of the molecule is CNc1cccc(CN(C)C2CCC2)n1. The van der Waals surface area contributed by atoms with Crippen molar-refractivity contribution in [3.8, 4) is 0 Å². The summed E-state index contributed by atoms with van der Waals surface area (Å²) in [6.45, 7) is 0.959. The van der Waals surface area contributed by atoms with Gasteiger partial charge in [0, 0.05) is 19.6 Å². The van der Waals surface area contributed by atoms with Gasteiger partial charge in [-0.25, -0.2) is 4.98 Å². The second kappa shape index (κ2) is 4.62. The number of hydrogen-bond acceptors (Lipinski definition) is 3. The second-order valence-electron chi connectivity index (χ2n) is 4.26. The Morgan fingerprint density at radius 3 is 2.87 bits per heavy atom. The molecular weight excluding hydrogens is 186 g/mol. The van der Waals surface area contributed by atoms with Gasteiger partial charge in [0.1, 0.15) is 5.82 Å². The van der Waals surface area contributed by atoms with E-state index in [-0.39, 0.29) is 0 Å². The minimum absolute atomic E-state index is 0.782. The summed E-state index contributed by atoms with van der Waals surface area (Å²) >= 11 is 0. The first kappa shape index (κ1) is 10.4. The minimum Gasteiger partial charge on any atom is -0.373 e. The fourth-order valence-electron chi connectivity index (χ4n) is 1.92. The van der Waals surface area contributed by atoms with E-state index in [4.69, 9.17) is 0 Å². The highest BCUT2D eigenvalue weighted by Crippen LogP contribution is 2.24. The zero-order valence-corrected chi connectivity index (χ0v) is 9.53. The molecule has 0 atom stereocenters. The van der Waals surface area contributed by atoms with Gasteiger partial charge < -0.3 is 5.32 Å². The first-order chi connectivity index (χ1) is 7.29. The van der Waals surface area contributed by atoms with Gasteiger partial charge in [-0.05, 0) is 32.0 Å². The first-order valence-corrected chi connectivity index (χ1v) is 5.63. The maximum Gasteiger partial charge on any atom is 0.126 e. The van der Waals surface area contributed by atoms with Crippen LogP contribution in [0.2, 0.25) is 0 Å². The number of pyridine rings is 1. The van der Waals surface area contributed by atoms with Crippen molar-refractivity contribution in [3.63, 3.8) is 0 Å². The first-order valence-electron chi connectivity index (χ1n) is 5.63. The highest BCUT2D eigenvalue weighted by Gasteiger charge is 2.21. The highest BCUT2D eigenvalue weighted by molar-refractivity contribution is 5.34. The van der Waals surface area contributed by atoms with E-state index >= 15 is 0 Å². The summed E-state index contributed by atoms with van der Waals surface area (Å²) in [6.07, 6.45) is 4.09. The number of nitrogens with one attached hydrogen (secondary N) is 1. The van der Waals surface area contributed by atoms with E-state index in [1.165, 1.54) is 19.3 Å². The quantitative estimate of drug-likeness (QED) is 0.816. The van der Waals surface area contributed by atoms with E-state index in [0.29, 0.717) is 0 Å². The largest absolute Gasteiger partial charge is 0.373 e. The third kappa shape index (κ3) is 2.48. The van der Waals surface area contributed by atoms with E-state index in [9.17, 15) is 0 Å². The molecule has 0 saturated heterocycles. The van der Waals surface area contributed by atoms with Gasteiger partial charge in [-0.1, -0.05) is 12.5 Å². The molecule has 0 amide bonds. The van der Waals surface area contributed by atoms with Crippen molar-refractivity contribution in [2.75, 3.05) is 19.4 Å². The van der Waals surface area contributed by atoms with Crippen LogP contribution in [0.5, 0.6) is 0 Å². The predicted molar refractivity (Wildman–Crippen MR) is 62.9 cm³/mol. The summed E-state index contributed by atoms with van der Waals surface area (Å²) in [7, 11) is 4.10. The molecule has 1 aliphatic carbocycles. The lowest BCUT2D eigenvalue weighted by molar-refractivity contribution is 0.151. The standard InChI is InChI=1S/C12H19N3/c1-13-12-8-3-5-10(14-12)9-15(2)11-6-4-7-11/h3,5,8,11H,4,6-7,9H2,1-2H3,(H,13,14). The van der Waals surface area contributed by atoms with Crippen LogP contribution in [0.4, 0.5) is 5.82 Å². The van der Waals surface area contributed by atoms with Crippen LogP contribution in [-0.2, 0) is 6.54 Å². The van der Waals surface area contributed by atoms with E-state index in [2.05, 4.69) is 34.4 Å². The number of hydrogen-bond donors (Lipinski definition) is 1. The highest BCUT2D eigenvalue weighted by atomic mass is 15.1. The van der Waals surface area contributed by atoms with E-state index < -0.39 is 0 Å². The molecule has 0 aliphatic heterocycles. The van der Waals surface area contributed by atoms with E-state index in [0.717, 1.165) is 24.1 Å². The summed E-state index contributed by atoms with van der Waals surface area (Å²) < 4.78 is 0. The third-order valence-electron chi connectivity index (χ3n) is 3.17. The molecule has 0 bridgehead atoms. The fourth-order valence-corrected chi connectivity index (χ4v) is 1.92. The summed E-state index contributed by atoms with van der Waals surface area (Å²) in [5.74, 6) is 0.953. The van der Waals surface area contributed by atoms with Gasteiger partial charge in [-0.2, -0.15) is 0 Å². The lowest BCUT2D eigenvalue weighted by atomic mass is 9.92. The van der Waals surface area contributed by atoms with Crippen LogP contribution in [0.25, 0.3) is 0 Å². The van der Waals surface area contributed by atoms with Crippen LogP contribution in [-0.4, -0.2) is 30.0 Å². The molecular formula is C12H19N3. The molecule has 1 aromatic heterocycles. The Hall–Kier alpha value is -1.09. The van der Waals surface area contributed by atoms with Gasteiger partial charge in [-0.15, -0.1) is 0 Å². The molecule has 1 aliphatic rings. The molecule has 0 spiro atoms. The van der Waals surface area contributed by atoms with Crippen molar-refractivity contribution >= 4 is 5.82 Å². The smallest absolute Gasteiger partial charge is 0.126 e. The number of anilines is 1. The Balaban J connectivity index is 1.96. The zero-order chi connectivity index (χ0) is 10.7. The molecule has 2 rings (SSSR count). The molecule has 1 saturated carbocycles. The molecule has 0 radical (unpaired) electrons. The van der Waals surface area contributed by atoms with Crippen LogP contribution >= 0.6 is 0 Å². The van der Waals surface area contributed by atoms with Gasteiger partial charge in [0.2, 0.25) is 0 Å². The molecule has 0 unspecified atom stereocenters. The maximum atomic E-state index is 4.52. The minimum atomic E-state index is 0.782. The Morgan fingerprint density at radius 1 is 1.47 bits per heavy atom. The number of nitrogens with zero attached hydrogens (tertiary/aromatic N) is 2. The lowest BCUT2D eigenvalue weighted by Gasteiger charge is -2.34. The van der Waals surface area contributed by atoms with Gasteiger partial charge in [0.25, 0.3) is 0 Å². The van der Waals surface area contributed by atoms with Crippen molar-refractivity contribution in [3.05, 3.63) is 23.9 Å². The summed E-state index contributed by atoms with van der Waals surface area (Å²) in [5.41, 5.74) is 1.15. The second-order valence-corrected chi connectivity index (χ2v) is 4.26. The maximum absolute atomic E-state index is 4.52. The van der Waals surface area contributed by atoms with Crippen molar-refractivity contribution in [2.45, 2.75) is 31.8 Å². The molecule has 1 N–H and O–H groups in total. The predicted octanol–water partition coefficient (Wildman–Crippen LogP) is 2.11. The fraction of sp³-hybridized carbons (Fsp3) is 0.583. The summed E-state index contributed by atoms with van der Waals surface area (Å²) in [6, 6.07) is 6.93. The Morgan fingerprint density at radius 2 is 2.27 bits per heavy atom. The van der Waals surface area contributed by atoms with E-state index in [1.54, 1.807) is 0 Å². The third-order valence-corrected chi connectivity index (χ3v) is 3.17. The zero-order valence-electron chi connectivity index (χ0n) is 9.53. The summed E-state index contributed by atoms with van der Waals surface area (Å²) in [4.78, 5) is 6.93. The van der Waals surface area contributed by atoms with Crippen molar-refractivity contribution in [1.29, 1.82) is 0 Å². The Labute approximate surface area is 91.5 Å². The van der Waals surface area contributed by atoms with Gasteiger partial charge in [0.05, 0.1) is 5.69 Å². The van der Waals surface area contributed by atoms with Crippen LogP contribution in [0, 0.1) is 0 Å². The van der Waals surface area contributed by atoms with Crippen LogP contribution in [0.15, 0.2) is 18.2 Å². The summed E-state index contributed by atoms with van der Waals surface area (Å²) in [5, 5.41) is 3.07. The molecule has 1 fully saturated rings. The monoisotopic (exact) mass is 205 g/mol. The van der Waals surface area contributed by atoms with Gasteiger partial charge >= 0.3 is 0 Å². The number of aromatic nitrogens is 1. The molecule has 0 aromatic carbocycles. The van der Waals surface area contributed by atoms with Crippen molar-refractivity contribution in [2.24, 2.45) is 0 Å². The van der Waals surface area contributed by atoms with Crippen molar-refractivity contribution in [1.82, 2.24) is 9.88 Å². The topological polar surface area (TPSA) is 28.2 Å². The molecule has 3 nitrogen and oxygen atoms in total. The Bertz CT molecular complexity index is 320. The molecule has 15 heavy (non-hydrogen) atoms. The van der Waals surface area contributed by atoms with E-state index in [1.807, 2.05) is 13.1 Å². The normalized spacial score (nSPS) is 16.5. The van der Waals surface area contributed by atoms with Crippen LogP contribution < -0.4 is 5.32 Å². The lowest BCUT2D eigenvalue weighted by Crippen LogP contribution is -2.36.